The van der Waals surface area contributed by atoms with Crippen molar-refractivity contribution in [3.63, 3.8) is 0 Å². The first-order valence-corrected chi connectivity index (χ1v) is 7.29. The van der Waals surface area contributed by atoms with Crippen LogP contribution in [0.4, 0.5) is 0 Å². The zero-order chi connectivity index (χ0) is 13.9. The number of hydrogen-bond acceptors (Lipinski definition) is 2. The first-order chi connectivity index (χ1) is 9.76. The smallest absolute Gasteiger partial charge is 0.257 e. The molecule has 20 heavy (non-hydrogen) atoms. The number of nitrogens with one attached hydrogen (secondary N) is 1. The van der Waals surface area contributed by atoms with Gasteiger partial charge in [-0.05, 0) is 49.3 Å². The molecule has 0 radical (unpaired) electrons. The van der Waals surface area contributed by atoms with E-state index in [1.54, 1.807) is 7.11 Å². The number of ether oxygens (including phenoxy) is 1. The van der Waals surface area contributed by atoms with Crippen molar-refractivity contribution in [2.24, 2.45) is 0 Å². The minimum absolute atomic E-state index is 0.0139. The maximum atomic E-state index is 12.1. The molecule has 1 aliphatic rings. The number of aromatic nitrogens is 1. The van der Waals surface area contributed by atoms with Gasteiger partial charge in [0, 0.05) is 6.07 Å². The van der Waals surface area contributed by atoms with Crippen molar-refractivity contribution in [1.82, 2.24) is 4.98 Å². The molecule has 0 unspecified atom stereocenters. The van der Waals surface area contributed by atoms with Gasteiger partial charge in [-0.25, -0.2) is 0 Å². The zero-order valence-electron chi connectivity index (χ0n) is 11.8. The van der Waals surface area contributed by atoms with Crippen molar-refractivity contribution in [3.05, 3.63) is 40.2 Å². The second-order valence-electron chi connectivity index (χ2n) is 5.56. The molecule has 1 heterocycles. The molecule has 4 nitrogen and oxygen atoms in total. The van der Waals surface area contributed by atoms with Gasteiger partial charge in [-0.15, -0.1) is 0 Å². The van der Waals surface area contributed by atoms with E-state index in [0.717, 1.165) is 28.8 Å². The van der Waals surface area contributed by atoms with Crippen LogP contribution in [0.1, 0.15) is 31.2 Å². The second-order valence-corrected chi connectivity index (χ2v) is 5.56. The molecule has 1 aliphatic carbocycles. The number of benzene rings is 1. The Morgan fingerprint density at radius 3 is 2.85 bits per heavy atom. The van der Waals surface area contributed by atoms with E-state index in [4.69, 9.17) is 4.74 Å². The van der Waals surface area contributed by atoms with Gasteiger partial charge in [0.05, 0.1) is 24.2 Å². The highest BCUT2D eigenvalue weighted by molar-refractivity contribution is 5.80. The minimum atomic E-state index is 0.0139. The number of hydrogen-bond donors (Lipinski definition) is 2. The van der Waals surface area contributed by atoms with E-state index in [2.05, 4.69) is 10.3 Å². The Labute approximate surface area is 118 Å². The first kappa shape index (κ1) is 13.2. The van der Waals surface area contributed by atoms with E-state index in [-0.39, 0.29) is 5.56 Å². The molecule has 1 saturated carbocycles. The summed E-state index contributed by atoms with van der Waals surface area (Å²) in [6, 6.07) is 8.47. The first-order valence-electron chi connectivity index (χ1n) is 7.29. The number of aromatic amines is 1. The molecular formula is C16H21N2O2+. The predicted octanol–water partition coefficient (Wildman–Crippen LogP) is 1.54. The number of rotatable bonds is 4. The van der Waals surface area contributed by atoms with E-state index in [9.17, 15) is 4.79 Å². The third-order valence-corrected chi connectivity index (χ3v) is 4.20. The van der Waals surface area contributed by atoms with Crippen LogP contribution >= 0.6 is 0 Å². The Hall–Kier alpha value is -1.81. The largest absolute Gasteiger partial charge is 0.497 e. The highest BCUT2D eigenvalue weighted by Crippen LogP contribution is 2.18. The molecule has 0 bridgehead atoms. The fourth-order valence-electron chi connectivity index (χ4n) is 2.99. The van der Waals surface area contributed by atoms with Crippen LogP contribution in [-0.4, -0.2) is 18.1 Å². The van der Waals surface area contributed by atoms with Crippen LogP contribution in [0.3, 0.4) is 0 Å². The SMILES string of the molecule is COc1ccc2cc(C[NH2+]C3CCCC3)c(=O)[nH]c2c1. The Bertz CT molecular complexity index is 657. The van der Waals surface area contributed by atoms with Crippen molar-refractivity contribution in [1.29, 1.82) is 0 Å². The van der Waals surface area contributed by atoms with Crippen LogP contribution in [-0.2, 0) is 6.54 Å². The molecule has 4 heteroatoms. The van der Waals surface area contributed by atoms with Gasteiger partial charge in [0.25, 0.3) is 5.56 Å². The molecule has 2 aromatic rings. The number of pyridine rings is 1. The molecule has 0 saturated heterocycles. The van der Waals surface area contributed by atoms with Crippen molar-refractivity contribution >= 4 is 10.9 Å². The fraction of sp³-hybridized carbons (Fsp3) is 0.438. The van der Waals surface area contributed by atoms with Crippen LogP contribution in [0.15, 0.2) is 29.1 Å². The van der Waals surface area contributed by atoms with Crippen LogP contribution in [0, 0.1) is 0 Å². The third-order valence-electron chi connectivity index (χ3n) is 4.20. The number of methoxy groups -OCH3 is 1. The van der Waals surface area contributed by atoms with Gasteiger partial charge in [0.2, 0.25) is 0 Å². The predicted molar refractivity (Wildman–Crippen MR) is 79.0 cm³/mol. The quantitative estimate of drug-likeness (QED) is 0.888. The van der Waals surface area contributed by atoms with Crippen LogP contribution in [0.2, 0.25) is 0 Å². The molecule has 1 aromatic heterocycles. The zero-order valence-corrected chi connectivity index (χ0v) is 11.8. The number of fused-ring (bicyclic) bond motifs is 1. The summed E-state index contributed by atoms with van der Waals surface area (Å²) in [6.07, 6.45) is 5.22. The molecule has 0 aliphatic heterocycles. The highest BCUT2D eigenvalue weighted by atomic mass is 16.5. The molecule has 1 fully saturated rings. The number of H-pyrrole nitrogens is 1. The van der Waals surface area contributed by atoms with E-state index < -0.39 is 0 Å². The van der Waals surface area contributed by atoms with Gasteiger partial charge >= 0.3 is 0 Å². The minimum Gasteiger partial charge on any atom is -0.497 e. The van der Waals surface area contributed by atoms with E-state index >= 15 is 0 Å². The molecule has 106 valence electrons. The van der Waals surface area contributed by atoms with Crippen LogP contribution in [0.5, 0.6) is 5.75 Å². The number of nitrogens with two attached hydrogens (primary N) is 1. The molecule has 3 N–H and O–H groups in total. The summed E-state index contributed by atoms with van der Waals surface area (Å²) in [5.74, 6) is 0.762. The van der Waals surface area contributed by atoms with E-state index in [0.29, 0.717) is 6.04 Å². The van der Waals surface area contributed by atoms with Gasteiger partial charge in [0.15, 0.2) is 0 Å². The van der Waals surface area contributed by atoms with Crippen molar-refractivity contribution < 1.29 is 10.1 Å². The average Bonchev–Trinajstić information content (AvgIpc) is 2.97. The average molecular weight is 273 g/mol. The van der Waals surface area contributed by atoms with Gasteiger partial charge < -0.3 is 15.0 Å². The lowest BCUT2D eigenvalue weighted by Gasteiger charge is -2.09. The molecule has 0 amide bonds. The Kier molecular flexibility index (Phi) is 3.74. The Balaban J connectivity index is 1.83. The normalized spacial score (nSPS) is 15.8. The summed E-state index contributed by atoms with van der Waals surface area (Å²) >= 11 is 0. The summed E-state index contributed by atoms with van der Waals surface area (Å²) < 4.78 is 5.18. The summed E-state index contributed by atoms with van der Waals surface area (Å²) in [5, 5.41) is 3.37. The lowest BCUT2D eigenvalue weighted by atomic mass is 10.1. The fourth-order valence-corrected chi connectivity index (χ4v) is 2.99. The maximum absolute atomic E-state index is 12.1. The van der Waals surface area contributed by atoms with Gasteiger partial charge in [-0.2, -0.15) is 0 Å². The van der Waals surface area contributed by atoms with Crippen molar-refractivity contribution in [3.8, 4) is 5.75 Å². The maximum Gasteiger partial charge on any atom is 0.257 e. The van der Waals surface area contributed by atoms with Crippen molar-refractivity contribution in [2.45, 2.75) is 38.3 Å². The van der Waals surface area contributed by atoms with E-state index in [1.807, 2.05) is 24.3 Å². The molecule has 3 rings (SSSR count). The lowest BCUT2D eigenvalue weighted by molar-refractivity contribution is -0.703. The van der Waals surface area contributed by atoms with Crippen LogP contribution < -0.4 is 15.6 Å². The molecular weight excluding hydrogens is 252 g/mol. The van der Waals surface area contributed by atoms with Gasteiger partial charge in [-0.1, -0.05) is 0 Å². The summed E-state index contributed by atoms with van der Waals surface area (Å²) in [5.41, 5.74) is 1.70. The molecule has 0 spiro atoms. The molecule has 0 atom stereocenters. The lowest BCUT2D eigenvalue weighted by Crippen LogP contribution is -2.88. The standard InChI is InChI=1S/C16H20N2O2/c1-20-14-7-6-11-8-12(16(19)18-15(11)9-14)10-17-13-4-2-3-5-13/h6-9,13,17H,2-5,10H2,1H3,(H,18,19)/p+1. The van der Waals surface area contributed by atoms with Crippen LogP contribution in [0.25, 0.3) is 10.9 Å². The highest BCUT2D eigenvalue weighted by Gasteiger charge is 2.18. The summed E-state index contributed by atoms with van der Waals surface area (Å²) in [7, 11) is 1.63. The summed E-state index contributed by atoms with van der Waals surface area (Å²) in [6.45, 7) is 0.766. The van der Waals surface area contributed by atoms with Gasteiger partial charge in [-0.3, -0.25) is 4.79 Å². The van der Waals surface area contributed by atoms with Gasteiger partial charge in [0.1, 0.15) is 12.3 Å². The summed E-state index contributed by atoms with van der Waals surface area (Å²) in [4.78, 5) is 15.1. The Morgan fingerprint density at radius 2 is 2.10 bits per heavy atom. The topological polar surface area (TPSA) is 58.7 Å². The Morgan fingerprint density at radius 1 is 1.30 bits per heavy atom. The van der Waals surface area contributed by atoms with Crippen molar-refractivity contribution in [2.75, 3.05) is 7.11 Å². The third kappa shape index (κ3) is 2.70. The number of quaternary nitrogens is 1. The molecule has 1 aromatic carbocycles. The van der Waals surface area contributed by atoms with E-state index in [1.165, 1.54) is 25.7 Å². The monoisotopic (exact) mass is 273 g/mol. The second kappa shape index (κ2) is 5.67.